The van der Waals surface area contributed by atoms with Crippen LogP contribution in [0.4, 0.5) is 11.6 Å². The minimum Gasteiger partial charge on any atom is -0.469 e. The molecule has 0 saturated carbocycles. The van der Waals surface area contributed by atoms with Gasteiger partial charge < -0.3 is 40.4 Å². The minimum atomic E-state index is -1.29. The van der Waals surface area contributed by atoms with Crippen LogP contribution in [-0.4, -0.2) is 45.3 Å². The van der Waals surface area contributed by atoms with Crippen molar-refractivity contribution in [3.05, 3.63) is 76.5 Å². The van der Waals surface area contributed by atoms with Gasteiger partial charge in [0.2, 0.25) is 29.3 Å². The van der Waals surface area contributed by atoms with Crippen LogP contribution in [0.2, 0.25) is 0 Å². The summed E-state index contributed by atoms with van der Waals surface area (Å²) >= 11 is 0. The van der Waals surface area contributed by atoms with E-state index in [0.29, 0.717) is 11.5 Å². The number of para-hydroxylation sites is 1. The van der Waals surface area contributed by atoms with Crippen molar-refractivity contribution in [3.8, 4) is 23.4 Å². The summed E-state index contributed by atoms with van der Waals surface area (Å²) in [7, 11) is 0. The molecule has 2 aromatic carbocycles. The van der Waals surface area contributed by atoms with E-state index in [4.69, 9.17) is 24.3 Å². The zero-order valence-corrected chi connectivity index (χ0v) is 25.6. The highest BCUT2D eigenvalue weighted by Gasteiger charge is 2.61. The number of fused-ring (bicyclic) bond motifs is 4. The lowest BCUT2D eigenvalue weighted by Crippen LogP contribution is -2.52. The van der Waals surface area contributed by atoms with Crippen LogP contribution in [0, 0.1) is 23.2 Å². The quantitative estimate of drug-likeness (QED) is 0.219. The maximum Gasteiger partial charge on any atom is 0.252 e. The molecule has 236 valence electrons. The Morgan fingerprint density at radius 3 is 2.63 bits per heavy atom. The number of anilines is 2. The van der Waals surface area contributed by atoms with E-state index in [1.165, 1.54) is 0 Å². The van der Waals surface area contributed by atoms with Gasteiger partial charge in [0.1, 0.15) is 35.4 Å². The van der Waals surface area contributed by atoms with E-state index < -0.39 is 41.6 Å². The number of oxazole rings is 2. The summed E-state index contributed by atoms with van der Waals surface area (Å²) in [5.74, 6) is -0.774. The summed E-state index contributed by atoms with van der Waals surface area (Å²) in [6, 6.07) is 13.5. The van der Waals surface area contributed by atoms with Crippen molar-refractivity contribution < 1.29 is 28.3 Å². The van der Waals surface area contributed by atoms with Crippen LogP contribution in [0.3, 0.4) is 0 Å². The number of nitrogens with zero attached hydrogens (tertiary/aromatic N) is 3. The van der Waals surface area contributed by atoms with E-state index in [2.05, 4.69) is 20.9 Å². The first-order valence-corrected chi connectivity index (χ1v) is 15.2. The van der Waals surface area contributed by atoms with Crippen molar-refractivity contribution in [1.82, 2.24) is 20.6 Å². The molecule has 0 fully saturated rings. The molecule has 0 saturated heterocycles. The number of aliphatic hydroxyl groups excluding tert-OH is 1. The highest BCUT2D eigenvalue weighted by molar-refractivity contribution is 5.90. The van der Waals surface area contributed by atoms with E-state index >= 15 is 0 Å². The first-order chi connectivity index (χ1) is 22.0. The fourth-order valence-corrected chi connectivity index (χ4v) is 6.52. The molecule has 13 nitrogen and oxygen atoms in total. The minimum absolute atomic E-state index is 0.0160. The van der Waals surface area contributed by atoms with Crippen LogP contribution >= 0.6 is 0 Å². The van der Waals surface area contributed by atoms with Crippen LogP contribution in [0.15, 0.2) is 51.3 Å². The van der Waals surface area contributed by atoms with E-state index in [1.807, 2.05) is 62.4 Å². The molecule has 4 aromatic rings. The van der Waals surface area contributed by atoms with Crippen LogP contribution < -0.4 is 26.4 Å². The first kappa shape index (κ1) is 29.4. The van der Waals surface area contributed by atoms with Crippen molar-refractivity contribution in [2.24, 2.45) is 11.8 Å². The lowest BCUT2D eigenvalue weighted by molar-refractivity contribution is -0.135. The third-order valence-corrected chi connectivity index (χ3v) is 8.91. The van der Waals surface area contributed by atoms with Gasteiger partial charge in [-0.3, -0.25) is 9.59 Å². The molecule has 13 heteroatoms. The normalized spacial score (nSPS) is 23.3. The highest BCUT2D eigenvalue weighted by atomic mass is 16.5. The number of carbonyl (C=O) groups is 2. The number of carbonyl (C=O) groups excluding carboxylic acids is 2. The molecule has 5 atom stereocenters. The number of hydrogen-bond acceptors (Lipinski definition) is 11. The van der Waals surface area contributed by atoms with Gasteiger partial charge in [-0.1, -0.05) is 58.0 Å². The number of ether oxygens (including phenoxy) is 1. The molecular weight excluding hydrogens is 590 g/mol. The Morgan fingerprint density at radius 2 is 1.91 bits per heavy atom. The number of hydrogen-bond donors (Lipinski definition) is 5. The van der Waals surface area contributed by atoms with Gasteiger partial charge in [0.05, 0.1) is 0 Å². The first-order valence-electron chi connectivity index (χ1n) is 15.2. The second-order valence-corrected chi connectivity index (χ2v) is 12.6. The molecule has 0 radical (unpaired) electrons. The number of nitrogens with two attached hydrogens (primary N) is 1. The maximum absolute atomic E-state index is 13.9. The molecule has 4 bridgehead atoms. The molecule has 5 heterocycles. The number of aromatic nitrogens is 2. The number of nitrogen functional groups attached to an aromatic ring is 1. The number of rotatable bonds is 5. The van der Waals surface area contributed by atoms with E-state index in [9.17, 15) is 20.0 Å². The highest BCUT2D eigenvalue weighted by Crippen LogP contribution is 2.59. The van der Waals surface area contributed by atoms with E-state index in [1.54, 1.807) is 13.8 Å². The SMILES string of the molecule is CC(C)[C@H](O)C(=O)N[C@H]1Cc2ccc3c(c2)[C@@]2(c4ccccc4NC2O3)c2oc(nc2-c2nc(C#N)c(N)o2)[C@H](C(C)C)NC1=O. The van der Waals surface area contributed by atoms with Crippen LogP contribution in [0.1, 0.15) is 67.8 Å². The molecule has 1 unspecified atom stereocenters. The molecule has 2 amide bonds. The largest absolute Gasteiger partial charge is 0.469 e. The summed E-state index contributed by atoms with van der Waals surface area (Å²) in [5.41, 5.74) is 8.17. The molecule has 46 heavy (non-hydrogen) atoms. The number of nitrogens with one attached hydrogen (secondary N) is 3. The Labute approximate surface area is 264 Å². The van der Waals surface area contributed by atoms with E-state index in [-0.39, 0.29) is 47.3 Å². The Morgan fingerprint density at radius 1 is 1.13 bits per heavy atom. The van der Waals surface area contributed by atoms with E-state index in [0.717, 1.165) is 22.4 Å². The van der Waals surface area contributed by atoms with Gasteiger partial charge in [-0.15, -0.1) is 0 Å². The second kappa shape index (κ2) is 10.6. The topological polar surface area (TPSA) is 202 Å². The third-order valence-electron chi connectivity index (χ3n) is 8.91. The van der Waals surface area contributed by atoms with Crippen molar-refractivity contribution in [3.63, 3.8) is 0 Å². The molecule has 2 aromatic heterocycles. The summed E-state index contributed by atoms with van der Waals surface area (Å²) < 4.78 is 19.1. The standard InChI is InChI=1S/C33H33N7O6/c1-14(2)23-30-40-24(31-37-21(13-34)27(35)46-31)26(45-30)33-17-7-5-6-8-19(17)38-32(33)44-22-10-9-16(11-18(22)33)12-20(28(42)39-23)36-29(43)25(41)15(3)4/h5-11,14-15,20,23,25,32,38,41H,12,35H2,1-4H3,(H,36,43)(H,39,42)/t20-,23-,25-,32?,33-/m0/s1. The molecule has 7 rings (SSSR count). The fraction of sp³-hybridized carbons (Fsp3) is 0.364. The zero-order valence-electron chi connectivity index (χ0n) is 25.6. The van der Waals surface area contributed by atoms with Crippen molar-refractivity contribution in [1.29, 1.82) is 5.26 Å². The van der Waals surface area contributed by atoms with Gasteiger partial charge in [0, 0.05) is 17.7 Å². The van der Waals surface area contributed by atoms with Crippen molar-refractivity contribution in [2.75, 3.05) is 11.1 Å². The van der Waals surface area contributed by atoms with Crippen molar-refractivity contribution >= 4 is 23.4 Å². The van der Waals surface area contributed by atoms with Gasteiger partial charge in [0.15, 0.2) is 17.7 Å². The zero-order chi connectivity index (χ0) is 32.5. The van der Waals surface area contributed by atoms with Crippen LogP contribution in [0.5, 0.6) is 5.75 Å². The molecule has 3 aliphatic rings. The van der Waals surface area contributed by atoms with Crippen molar-refractivity contribution in [2.45, 2.75) is 63.9 Å². The summed E-state index contributed by atoms with van der Waals surface area (Å²) in [6.07, 6.45) is -1.82. The number of benzene rings is 2. The number of amides is 2. The fourth-order valence-electron chi connectivity index (χ4n) is 6.52. The van der Waals surface area contributed by atoms with Gasteiger partial charge >= 0.3 is 0 Å². The number of aliphatic hydroxyl groups is 1. The summed E-state index contributed by atoms with van der Waals surface area (Å²) in [5, 5.41) is 29.4. The average molecular weight is 624 g/mol. The monoisotopic (exact) mass is 623 g/mol. The van der Waals surface area contributed by atoms with Gasteiger partial charge in [-0.25, -0.2) is 4.98 Å². The van der Waals surface area contributed by atoms with Gasteiger partial charge in [0.25, 0.3) is 5.89 Å². The van der Waals surface area contributed by atoms with Gasteiger partial charge in [-0.2, -0.15) is 10.2 Å². The predicted octanol–water partition coefficient (Wildman–Crippen LogP) is 3.13. The molecule has 3 aliphatic heterocycles. The molecule has 0 aliphatic carbocycles. The predicted molar refractivity (Wildman–Crippen MR) is 164 cm³/mol. The summed E-state index contributed by atoms with van der Waals surface area (Å²) in [4.78, 5) is 36.1. The average Bonchev–Trinajstić information content (AvgIpc) is 3.77. The summed E-state index contributed by atoms with van der Waals surface area (Å²) in [6.45, 7) is 7.26. The lowest BCUT2D eigenvalue weighted by Gasteiger charge is -2.29. The third kappa shape index (κ3) is 4.32. The molecular formula is C33H33N7O6. The molecule has 6 N–H and O–H groups in total. The lowest BCUT2D eigenvalue weighted by atomic mass is 9.72. The van der Waals surface area contributed by atoms with Crippen LogP contribution in [0.25, 0.3) is 11.6 Å². The maximum atomic E-state index is 13.9. The Kier molecular flexibility index (Phi) is 6.79. The Balaban J connectivity index is 1.49. The smallest absolute Gasteiger partial charge is 0.252 e. The second-order valence-electron chi connectivity index (χ2n) is 12.6. The number of nitriles is 1. The Bertz CT molecular complexity index is 1920. The Hall–Kier alpha value is -5.35. The van der Waals surface area contributed by atoms with Crippen LogP contribution in [-0.2, 0) is 21.4 Å². The molecule has 1 spiro atoms. The van der Waals surface area contributed by atoms with Gasteiger partial charge in [-0.05, 0) is 35.1 Å².